The molecular formula is C22H18N2O5. The molecule has 0 spiro atoms. The molecule has 29 heavy (non-hydrogen) atoms. The Morgan fingerprint density at radius 1 is 1.00 bits per heavy atom. The van der Waals surface area contributed by atoms with Crippen molar-refractivity contribution < 1.29 is 23.9 Å². The minimum absolute atomic E-state index is 0.126. The summed E-state index contributed by atoms with van der Waals surface area (Å²) in [4.78, 5) is 38.5. The number of fused-ring (bicyclic) bond motifs is 2. The standard InChI is InChI=1S/C22H18N2O5/c1-28-19-11-10-16(14-6-2-3-7-15(14)19)22(27)29-13-21(26)24-12-20(25)23-17-8-4-5-9-18(17)24/h2-11H,12-13H2,1H3,(H,23,25). The van der Waals surface area contributed by atoms with Crippen LogP contribution in [0.25, 0.3) is 10.8 Å². The van der Waals surface area contributed by atoms with E-state index in [9.17, 15) is 14.4 Å². The van der Waals surface area contributed by atoms with Crippen LogP contribution in [0, 0.1) is 0 Å². The predicted molar refractivity (Wildman–Crippen MR) is 108 cm³/mol. The van der Waals surface area contributed by atoms with Crippen molar-refractivity contribution in [3.8, 4) is 5.75 Å². The fourth-order valence-corrected chi connectivity index (χ4v) is 3.37. The Hall–Kier alpha value is -3.87. The Morgan fingerprint density at radius 2 is 1.72 bits per heavy atom. The van der Waals surface area contributed by atoms with Crippen LogP contribution in [0.1, 0.15) is 10.4 Å². The molecule has 146 valence electrons. The van der Waals surface area contributed by atoms with Crippen molar-refractivity contribution in [1.29, 1.82) is 0 Å². The summed E-state index contributed by atoms with van der Waals surface area (Å²) in [5.74, 6) is -0.751. The normalized spacial score (nSPS) is 12.9. The van der Waals surface area contributed by atoms with E-state index in [-0.39, 0.29) is 12.5 Å². The van der Waals surface area contributed by atoms with Crippen LogP contribution in [0.2, 0.25) is 0 Å². The molecule has 1 N–H and O–H groups in total. The number of methoxy groups -OCH3 is 1. The first-order chi connectivity index (χ1) is 14.1. The number of nitrogens with one attached hydrogen (secondary N) is 1. The summed E-state index contributed by atoms with van der Waals surface area (Å²) in [6.45, 7) is -0.598. The summed E-state index contributed by atoms with van der Waals surface area (Å²) in [6, 6.07) is 17.6. The van der Waals surface area contributed by atoms with Crippen LogP contribution < -0.4 is 15.0 Å². The molecule has 0 fully saturated rings. The molecule has 1 aliphatic heterocycles. The number of ether oxygens (including phenoxy) is 2. The molecule has 0 aliphatic carbocycles. The third-order valence-corrected chi connectivity index (χ3v) is 4.72. The highest BCUT2D eigenvalue weighted by molar-refractivity contribution is 6.11. The molecule has 0 radical (unpaired) electrons. The molecule has 3 aromatic rings. The highest BCUT2D eigenvalue weighted by atomic mass is 16.5. The molecule has 4 rings (SSSR count). The monoisotopic (exact) mass is 390 g/mol. The van der Waals surface area contributed by atoms with Gasteiger partial charge in [-0.2, -0.15) is 0 Å². The summed E-state index contributed by atoms with van der Waals surface area (Å²) in [5, 5.41) is 4.16. The van der Waals surface area contributed by atoms with Crippen molar-refractivity contribution in [3.05, 3.63) is 66.2 Å². The minimum Gasteiger partial charge on any atom is -0.496 e. The lowest BCUT2D eigenvalue weighted by Crippen LogP contribution is -2.44. The number of carbonyl (C=O) groups excluding carboxylic acids is 3. The topological polar surface area (TPSA) is 84.9 Å². The van der Waals surface area contributed by atoms with E-state index in [1.807, 2.05) is 18.2 Å². The lowest BCUT2D eigenvalue weighted by molar-refractivity contribution is -0.124. The van der Waals surface area contributed by atoms with E-state index < -0.39 is 18.5 Å². The van der Waals surface area contributed by atoms with Gasteiger partial charge in [0.15, 0.2) is 6.61 Å². The first-order valence-corrected chi connectivity index (χ1v) is 9.00. The number of amides is 2. The second-order valence-corrected chi connectivity index (χ2v) is 6.48. The first-order valence-electron chi connectivity index (χ1n) is 9.00. The zero-order valence-corrected chi connectivity index (χ0v) is 15.7. The highest BCUT2D eigenvalue weighted by Crippen LogP contribution is 2.30. The third kappa shape index (κ3) is 3.50. The molecule has 3 aromatic carbocycles. The zero-order valence-electron chi connectivity index (χ0n) is 15.7. The number of hydrogen-bond donors (Lipinski definition) is 1. The molecule has 0 aromatic heterocycles. The Balaban J connectivity index is 1.53. The SMILES string of the molecule is COc1ccc(C(=O)OCC(=O)N2CC(=O)Nc3ccccc32)c2ccccc12. The summed E-state index contributed by atoms with van der Waals surface area (Å²) < 4.78 is 10.6. The number of nitrogens with zero attached hydrogens (tertiary/aromatic N) is 1. The second-order valence-electron chi connectivity index (χ2n) is 6.48. The lowest BCUT2D eigenvalue weighted by Gasteiger charge is -2.28. The van der Waals surface area contributed by atoms with Gasteiger partial charge in [0.1, 0.15) is 12.3 Å². The van der Waals surface area contributed by atoms with Crippen molar-refractivity contribution >= 4 is 39.9 Å². The number of anilines is 2. The summed E-state index contributed by atoms with van der Waals surface area (Å²) in [5.41, 5.74) is 1.46. The maximum Gasteiger partial charge on any atom is 0.339 e. The second kappa shape index (κ2) is 7.63. The minimum atomic E-state index is -0.619. The van der Waals surface area contributed by atoms with Gasteiger partial charge in [0.25, 0.3) is 5.91 Å². The molecule has 1 aliphatic rings. The molecule has 1 heterocycles. The van der Waals surface area contributed by atoms with E-state index in [4.69, 9.17) is 9.47 Å². The van der Waals surface area contributed by atoms with Crippen LogP contribution in [-0.4, -0.2) is 38.0 Å². The van der Waals surface area contributed by atoms with Gasteiger partial charge < -0.3 is 14.8 Å². The summed E-state index contributed by atoms with van der Waals surface area (Å²) in [7, 11) is 1.56. The maximum absolute atomic E-state index is 12.7. The van der Waals surface area contributed by atoms with E-state index >= 15 is 0 Å². The quantitative estimate of drug-likeness (QED) is 0.693. The number of carbonyl (C=O) groups is 3. The number of hydrogen-bond acceptors (Lipinski definition) is 5. The lowest BCUT2D eigenvalue weighted by atomic mass is 10.0. The van der Waals surface area contributed by atoms with Crippen LogP contribution in [0.3, 0.4) is 0 Å². The maximum atomic E-state index is 12.7. The van der Waals surface area contributed by atoms with Gasteiger partial charge in [-0.3, -0.25) is 14.5 Å². The van der Waals surface area contributed by atoms with Gasteiger partial charge in [-0.15, -0.1) is 0 Å². The van der Waals surface area contributed by atoms with Crippen LogP contribution in [-0.2, 0) is 14.3 Å². The largest absolute Gasteiger partial charge is 0.496 e. The van der Waals surface area contributed by atoms with Crippen LogP contribution in [0.15, 0.2) is 60.7 Å². The highest BCUT2D eigenvalue weighted by Gasteiger charge is 2.27. The predicted octanol–water partition coefficient (Wildman–Crippen LogP) is 2.99. The van der Waals surface area contributed by atoms with Gasteiger partial charge in [-0.05, 0) is 29.7 Å². The van der Waals surface area contributed by atoms with Crippen molar-refractivity contribution in [2.45, 2.75) is 0 Å². The van der Waals surface area contributed by atoms with Crippen molar-refractivity contribution in [2.75, 3.05) is 30.5 Å². The molecule has 2 amide bonds. The Labute approximate surface area is 166 Å². The van der Waals surface area contributed by atoms with Crippen molar-refractivity contribution in [2.24, 2.45) is 0 Å². The van der Waals surface area contributed by atoms with Crippen molar-refractivity contribution in [1.82, 2.24) is 0 Å². The van der Waals surface area contributed by atoms with E-state index in [2.05, 4.69) is 5.32 Å². The van der Waals surface area contributed by atoms with Crippen molar-refractivity contribution in [3.63, 3.8) is 0 Å². The van der Waals surface area contributed by atoms with E-state index in [0.717, 1.165) is 5.39 Å². The molecule has 0 bridgehead atoms. The number of para-hydroxylation sites is 2. The molecule has 0 saturated carbocycles. The van der Waals surface area contributed by atoms with E-state index in [1.165, 1.54) is 4.90 Å². The Morgan fingerprint density at radius 3 is 2.52 bits per heavy atom. The Kier molecular flexibility index (Phi) is 4.87. The molecule has 0 saturated heterocycles. The molecule has 7 heteroatoms. The van der Waals surface area contributed by atoms with Gasteiger partial charge in [-0.1, -0.05) is 36.4 Å². The van der Waals surface area contributed by atoms with Crippen LogP contribution >= 0.6 is 0 Å². The summed E-state index contributed by atoms with van der Waals surface area (Å²) in [6.07, 6.45) is 0. The van der Waals surface area contributed by atoms with Gasteiger partial charge in [-0.25, -0.2) is 4.79 Å². The molecule has 0 unspecified atom stereocenters. The first kappa shape index (κ1) is 18.5. The smallest absolute Gasteiger partial charge is 0.339 e. The van der Waals surface area contributed by atoms with Gasteiger partial charge in [0.05, 0.1) is 24.0 Å². The summed E-state index contributed by atoms with van der Waals surface area (Å²) >= 11 is 0. The molecular weight excluding hydrogens is 372 g/mol. The van der Waals surface area contributed by atoms with E-state index in [1.54, 1.807) is 49.6 Å². The fraction of sp³-hybridized carbons (Fsp3) is 0.136. The third-order valence-electron chi connectivity index (χ3n) is 4.72. The molecule has 7 nitrogen and oxygen atoms in total. The van der Waals surface area contributed by atoms with E-state index in [0.29, 0.717) is 28.1 Å². The van der Waals surface area contributed by atoms with Crippen LogP contribution in [0.4, 0.5) is 11.4 Å². The van der Waals surface area contributed by atoms with Gasteiger partial charge in [0, 0.05) is 5.39 Å². The number of rotatable bonds is 4. The van der Waals surface area contributed by atoms with Gasteiger partial charge in [0.2, 0.25) is 5.91 Å². The average molecular weight is 390 g/mol. The van der Waals surface area contributed by atoms with Gasteiger partial charge >= 0.3 is 5.97 Å². The van der Waals surface area contributed by atoms with Crippen LogP contribution in [0.5, 0.6) is 5.75 Å². The zero-order chi connectivity index (χ0) is 20.4. The Bertz CT molecular complexity index is 1130. The fourth-order valence-electron chi connectivity index (χ4n) is 3.37. The number of esters is 1. The molecule has 0 atom stereocenters. The average Bonchev–Trinajstić information content (AvgIpc) is 2.75. The number of benzene rings is 3.